The molecule has 0 saturated heterocycles. The van der Waals surface area contributed by atoms with Crippen LogP contribution in [0.4, 0.5) is 17.6 Å². The summed E-state index contributed by atoms with van der Waals surface area (Å²) in [6.07, 6.45) is -0.633. The van der Waals surface area contributed by atoms with Gasteiger partial charge in [0.15, 0.2) is 6.04 Å². The molecule has 1 amide bonds. The molecular formula is C18H23ClF4N2O. The van der Waals surface area contributed by atoms with Crippen molar-refractivity contribution in [1.82, 2.24) is 5.32 Å². The highest BCUT2D eigenvalue weighted by atomic mass is 35.5. The first-order valence-corrected chi connectivity index (χ1v) is 8.64. The summed E-state index contributed by atoms with van der Waals surface area (Å²) in [5, 5.41) is 2.14. The van der Waals surface area contributed by atoms with Gasteiger partial charge in [0.2, 0.25) is 5.91 Å². The Morgan fingerprint density at radius 1 is 1.12 bits per heavy atom. The number of halogens is 5. The lowest BCUT2D eigenvalue weighted by atomic mass is 9.65. The molecule has 3 rings (SSSR count). The van der Waals surface area contributed by atoms with Crippen molar-refractivity contribution in [3.63, 3.8) is 0 Å². The van der Waals surface area contributed by atoms with Crippen molar-refractivity contribution in [3.05, 3.63) is 35.6 Å². The highest BCUT2D eigenvalue weighted by molar-refractivity contribution is 5.85. The Hall–Kier alpha value is -1.34. The number of rotatable bonds is 3. The van der Waals surface area contributed by atoms with Crippen LogP contribution in [0.1, 0.15) is 43.7 Å². The lowest BCUT2D eigenvalue weighted by Crippen LogP contribution is -2.50. The lowest BCUT2D eigenvalue weighted by molar-refractivity contribution is -0.165. The molecule has 26 heavy (non-hydrogen) atoms. The molecule has 2 aliphatic rings. The van der Waals surface area contributed by atoms with E-state index in [0.717, 1.165) is 43.5 Å². The highest BCUT2D eigenvalue weighted by Gasteiger charge is 2.45. The molecule has 0 heterocycles. The fourth-order valence-electron chi connectivity index (χ4n) is 4.27. The standard InChI is InChI=1S/C18H22F4N2O.ClH/c19-14-6-4-10(5-7-14)16(18(20,21)22)24-17(25)13-8-11-2-1-3-12(9-13)15(11)23;/h4-7,11-13,15-16H,1-3,8-9,23H2,(H,24,25);1H. The molecule has 0 aliphatic heterocycles. The molecule has 2 fully saturated rings. The molecule has 3 nitrogen and oxygen atoms in total. The number of nitrogens with one attached hydrogen (secondary N) is 1. The van der Waals surface area contributed by atoms with E-state index in [1.54, 1.807) is 0 Å². The molecule has 2 saturated carbocycles. The smallest absolute Gasteiger partial charge is 0.341 e. The fourth-order valence-corrected chi connectivity index (χ4v) is 4.27. The maximum atomic E-state index is 13.4. The van der Waals surface area contributed by atoms with Gasteiger partial charge in [-0.1, -0.05) is 18.6 Å². The third kappa shape index (κ3) is 4.49. The van der Waals surface area contributed by atoms with Gasteiger partial charge in [-0.15, -0.1) is 12.4 Å². The molecule has 2 aliphatic carbocycles. The highest BCUT2D eigenvalue weighted by Crippen LogP contribution is 2.42. The first-order valence-electron chi connectivity index (χ1n) is 8.64. The van der Waals surface area contributed by atoms with E-state index in [1.807, 2.05) is 0 Å². The van der Waals surface area contributed by atoms with Crippen molar-refractivity contribution >= 4 is 18.3 Å². The Morgan fingerprint density at radius 2 is 1.65 bits per heavy atom. The zero-order valence-electron chi connectivity index (χ0n) is 14.1. The Balaban J connectivity index is 0.00000243. The summed E-state index contributed by atoms with van der Waals surface area (Å²) in [5.41, 5.74) is 6.00. The number of fused-ring (bicyclic) bond motifs is 2. The van der Waals surface area contributed by atoms with Crippen LogP contribution in [-0.2, 0) is 4.79 Å². The SMILES string of the molecule is Cl.NC1C2CCCC1CC(C(=O)NC(c1ccc(F)cc1)C(F)(F)F)C2. The van der Waals surface area contributed by atoms with E-state index in [0.29, 0.717) is 12.8 Å². The Bertz CT molecular complexity index is 609. The summed E-state index contributed by atoms with van der Waals surface area (Å²) in [4.78, 5) is 12.5. The van der Waals surface area contributed by atoms with Gasteiger partial charge >= 0.3 is 6.18 Å². The Kier molecular flexibility index (Phi) is 6.55. The van der Waals surface area contributed by atoms with Crippen molar-refractivity contribution in [1.29, 1.82) is 0 Å². The van der Waals surface area contributed by atoms with Crippen molar-refractivity contribution in [3.8, 4) is 0 Å². The van der Waals surface area contributed by atoms with Gasteiger partial charge in [0.1, 0.15) is 5.82 Å². The number of benzene rings is 1. The summed E-state index contributed by atoms with van der Waals surface area (Å²) in [6.45, 7) is 0. The van der Waals surface area contributed by atoms with Crippen LogP contribution in [-0.4, -0.2) is 18.1 Å². The van der Waals surface area contributed by atoms with Crippen LogP contribution in [0.3, 0.4) is 0 Å². The third-order valence-electron chi connectivity index (χ3n) is 5.60. The van der Waals surface area contributed by atoms with Gasteiger partial charge in [0.05, 0.1) is 0 Å². The molecule has 2 bridgehead atoms. The second-order valence-electron chi connectivity index (χ2n) is 7.23. The van der Waals surface area contributed by atoms with E-state index >= 15 is 0 Å². The predicted molar refractivity (Wildman–Crippen MR) is 92.1 cm³/mol. The van der Waals surface area contributed by atoms with Gasteiger partial charge in [-0.25, -0.2) is 4.39 Å². The van der Waals surface area contributed by atoms with Gasteiger partial charge < -0.3 is 11.1 Å². The molecule has 0 radical (unpaired) electrons. The van der Waals surface area contributed by atoms with E-state index in [2.05, 4.69) is 5.32 Å². The van der Waals surface area contributed by atoms with E-state index in [9.17, 15) is 22.4 Å². The quantitative estimate of drug-likeness (QED) is 0.758. The Labute approximate surface area is 156 Å². The van der Waals surface area contributed by atoms with E-state index < -0.39 is 29.9 Å². The largest absolute Gasteiger partial charge is 0.412 e. The van der Waals surface area contributed by atoms with Crippen molar-refractivity contribution in [2.45, 2.75) is 50.4 Å². The van der Waals surface area contributed by atoms with Crippen molar-refractivity contribution in [2.24, 2.45) is 23.5 Å². The van der Waals surface area contributed by atoms with E-state index in [4.69, 9.17) is 5.73 Å². The summed E-state index contributed by atoms with van der Waals surface area (Å²) in [5.74, 6) is -1.24. The predicted octanol–water partition coefficient (Wildman–Crippen LogP) is 4.12. The molecule has 0 aromatic heterocycles. The van der Waals surface area contributed by atoms with E-state index in [1.165, 1.54) is 0 Å². The zero-order chi connectivity index (χ0) is 18.2. The summed E-state index contributed by atoms with van der Waals surface area (Å²) in [6, 6.07) is 1.96. The normalized spacial score (nSPS) is 29.4. The van der Waals surface area contributed by atoms with Gasteiger partial charge in [-0.05, 0) is 55.2 Å². The van der Waals surface area contributed by atoms with Crippen LogP contribution in [0.2, 0.25) is 0 Å². The van der Waals surface area contributed by atoms with Gasteiger partial charge in [0, 0.05) is 12.0 Å². The minimum atomic E-state index is -4.64. The lowest BCUT2D eigenvalue weighted by Gasteiger charge is -2.43. The molecule has 3 N–H and O–H groups in total. The van der Waals surface area contributed by atoms with Crippen LogP contribution in [0.5, 0.6) is 0 Å². The number of carbonyl (C=O) groups is 1. The van der Waals surface area contributed by atoms with Crippen molar-refractivity contribution < 1.29 is 22.4 Å². The average Bonchev–Trinajstić information content (AvgIpc) is 2.52. The van der Waals surface area contributed by atoms with Gasteiger partial charge in [-0.3, -0.25) is 4.79 Å². The first-order chi connectivity index (χ1) is 11.8. The molecule has 0 spiro atoms. The summed E-state index contributed by atoms with van der Waals surface area (Å²) in [7, 11) is 0. The molecule has 3 unspecified atom stereocenters. The minimum absolute atomic E-state index is 0. The number of carbonyl (C=O) groups excluding carboxylic acids is 1. The average molecular weight is 395 g/mol. The van der Waals surface area contributed by atoms with Gasteiger partial charge in [0.25, 0.3) is 0 Å². The molecule has 1 aromatic carbocycles. The topological polar surface area (TPSA) is 55.1 Å². The van der Waals surface area contributed by atoms with Gasteiger partial charge in [-0.2, -0.15) is 13.2 Å². The zero-order valence-corrected chi connectivity index (χ0v) is 15.0. The van der Waals surface area contributed by atoms with Crippen molar-refractivity contribution in [2.75, 3.05) is 0 Å². The van der Waals surface area contributed by atoms with Crippen LogP contribution in [0.25, 0.3) is 0 Å². The number of nitrogens with two attached hydrogens (primary N) is 1. The van der Waals surface area contributed by atoms with E-state index in [-0.39, 0.29) is 35.8 Å². The summed E-state index contributed by atoms with van der Waals surface area (Å²) >= 11 is 0. The molecule has 1 aromatic rings. The monoisotopic (exact) mass is 394 g/mol. The summed E-state index contributed by atoms with van der Waals surface area (Å²) < 4.78 is 53.2. The van der Waals surface area contributed by atoms with Crippen LogP contribution >= 0.6 is 12.4 Å². The van der Waals surface area contributed by atoms with Crippen LogP contribution < -0.4 is 11.1 Å². The fraction of sp³-hybridized carbons (Fsp3) is 0.611. The maximum Gasteiger partial charge on any atom is 0.412 e. The second-order valence-corrected chi connectivity index (χ2v) is 7.23. The maximum absolute atomic E-state index is 13.4. The molecule has 8 heteroatoms. The van der Waals surface area contributed by atoms with Crippen LogP contribution in [0.15, 0.2) is 24.3 Å². The molecular weight excluding hydrogens is 372 g/mol. The Morgan fingerprint density at radius 3 is 2.15 bits per heavy atom. The molecule has 146 valence electrons. The second kappa shape index (κ2) is 8.13. The number of alkyl halides is 3. The minimum Gasteiger partial charge on any atom is -0.341 e. The molecule has 3 atom stereocenters. The number of amides is 1. The third-order valence-corrected chi connectivity index (χ3v) is 5.60. The number of hydrogen-bond donors (Lipinski definition) is 2. The number of hydrogen-bond acceptors (Lipinski definition) is 2. The first kappa shape index (κ1) is 21.0. The van der Waals surface area contributed by atoms with Crippen LogP contribution in [0, 0.1) is 23.6 Å².